The number of nitrogens with zero attached hydrogens (tertiary/aromatic N) is 3. The fourth-order valence-electron chi connectivity index (χ4n) is 5.18. The molecule has 0 radical (unpaired) electrons. The second-order valence-electron chi connectivity index (χ2n) is 10.4. The van der Waals surface area contributed by atoms with Crippen molar-refractivity contribution in [3.05, 3.63) is 65.7 Å². The van der Waals surface area contributed by atoms with E-state index in [1.54, 1.807) is 12.5 Å². The third-order valence-electron chi connectivity index (χ3n) is 7.04. The molecule has 0 amide bonds. The van der Waals surface area contributed by atoms with Crippen LogP contribution < -0.4 is 4.74 Å². The molecule has 2 aliphatic heterocycles. The predicted octanol–water partition coefficient (Wildman–Crippen LogP) is 7.25. The topological polar surface area (TPSA) is 74.9 Å². The highest BCUT2D eigenvalue weighted by Crippen LogP contribution is 2.38. The second kappa shape index (κ2) is 10.9. The Morgan fingerprint density at radius 2 is 1.69 bits per heavy atom. The van der Waals surface area contributed by atoms with E-state index < -0.39 is 9.73 Å². The highest BCUT2D eigenvalue weighted by atomic mass is 35.5. The van der Waals surface area contributed by atoms with Gasteiger partial charge in [0.05, 0.1) is 40.7 Å². The number of hydrogen-bond donors (Lipinski definition) is 0. The Hall–Kier alpha value is -2.91. The Labute approximate surface area is 234 Å². The van der Waals surface area contributed by atoms with E-state index in [1.165, 1.54) is 0 Å². The maximum absolute atomic E-state index is 12.0. The quantitative estimate of drug-likeness (QED) is 0.246. The minimum absolute atomic E-state index is 0.0231. The number of aromatic nitrogens is 2. The minimum atomic E-state index is -2.19. The first-order valence-corrected chi connectivity index (χ1v) is 16.0. The van der Waals surface area contributed by atoms with Crippen LogP contribution in [0.25, 0.3) is 33.4 Å². The third kappa shape index (κ3) is 5.84. The van der Waals surface area contributed by atoms with Gasteiger partial charge in [0.2, 0.25) is 0 Å². The summed E-state index contributed by atoms with van der Waals surface area (Å²) < 4.78 is 36.4. The Balaban J connectivity index is 1.32. The van der Waals surface area contributed by atoms with Gasteiger partial charge in [0.1, 0.15) is 12.3 Å². The van der Waals surface area contributed by atoms with Crippen molar-refractivity contribution in [2.75, 3.05) is 32.3 Å². The molecule has 0 spiro atoms. The van der Waals surface area contributed by atoms with Gasteiger partial charge in [0, 0.05) is 46.9 Å². The van der Waals surface area contributed by atoms with Crippen LogP contribution in [0.3, 0.4) is 0 Å². The third-order valence-corrected chi connectivity index (χ3v) is 7.98. The lowest BCUT2D eigenvalue weighted by molar-refractivity contribution is -0.0349. The van der Waals surface area contributed by atoms with Crippen molar-refractivity contribution >= 4 is 38.1 Å². The van der Waals surface area contributed by atoms with Crippen molar-refractivity contribution in [3.8, 4) is 28.3 Å². The molecule has 39 heavy (non-hydrogen) atoms. The van der Waals surface area contributed by atoms with Crippen molar-refractivity contribution in [2.45, 2.75) is 38.0 Å². The van der Waals surface area contributed by atoms with Crippen LogP contribution in [0.4, 0.5) is 5.69 Å². The first-order valence-electron chi connectivity index (χ1n) is 13.3. The van der Waals surface area contributed by atoms with Gasteiger partial charge in [0.15, 0.2) is 5.88 Å². The number of hydrogen-bond acceptors (Lipinski definition) is 6. The Morgan fingerprint density at radius 1 is 0.974 bits per heavy atom. The lowest BCUT2D eigenvalue weighted by Gasteiger charge is -2.27. The molecule has 2 aliphatic rings. The summed E-state index contributed by atoms with van der Waals surface area (Å²) >= 11 is 6.84. The number of benzene rings is 2. The van der Waals surface area contributed by atoms with Gasteiger partial charge in [0.25, 0.3) is 0 Å². The summed E-state index contributed by atoms with van der Waals surface area (Å²) in [6.45, 7) is 2.04. The zero-order chi connectivity index (χ0) is 27.0. The summed E-state index contributed by atoms with van der Waals surface area (Å²) in [6.07, 6.45) is 7.16. The summed E-state index contributed by atoms with van der Waals surface area (Å²) in [5.74, 6) is 0.751. The van der Waals surface area contributed by atoms with Gasteiger partial charge in [-0.2, -0.15) is 4.36 Å². The number of rotatable bonds is 6. The fourth-order valence-corrected chi connectivity index (χ4v) is 6.07. The number of ether oxygens (including phenoxy) is 3. The minimum Gasteiger partial charge on any atom is -0.473 e. The summed E-state index contributed by atoms with van der Waals surface area (Å²) in [4.78, 5) is 4.98. The lowest BCUT2D eigenvalue weighted by Crippen LogP contribution is -2.22. The predicted molar refractivity (Wildman–Crippen MR) is 156 cm³/mol. The molecule has 204 valence electrons. The number of fused-ring (bicyclic) bond motifs is 1. The first kappa shape index (κ1) is 26.3. The van der Waals surface area contributed by atoms with Crippen molar-refractivity contribution in [3.63, 3.8) is 0 Å². The first-order chi connectivity index (χ1) is 18.8. The molecule has 4 aromatic rings. The zero-order valence-corrected chi connectivity index (χ0v) is 23.7. The molecule has 0 N–H and O–H groups in total. The molecule has 2 aromatic heterocycles. The van der Waals surface area contributed by atoms with E-state index in [0.29, 0.717) is 23.9 Å². The Bertz CT molecular complexity index is 1590. The SMILES string of the molecule is CS(C)(=O)=Nc1ccc(-c2ccc(-c3nc4cc(O[C@H]5CCOC5)n(C5CCCCO5)c4cc3Cl)cc2)cc1. The van der Waals surface area contributed by atoms with Gasteiger partial charge in [-0.1, -0.05) is 48.0 Å². The molecule has 6 rings (SSSR count). The van der Waals surface area contributed by atoms with Crippen molar-refractivity contribution in [2.24, 2.45) is 4.36 Å². The van der Waals surface area contributed by atoms with Crippen LogP contribution in [0.1, 0.15) is 31.9 Å². The van der Waals surface area contributed by atoms with E-state index in [-0.39, 0.29) is 12.3 Å². The summed E-state index contributed by atoms with van der Waals surface area (Å²) in [5.41, 5.74) is 6.22. The van der Waals surface area contributed by atoms with Gasteiger partial charge in [-0.3, -0.25) is 4.57 Å². The van der Waals surface area contributed by atoms with Crippen LogP contribution in [0.2, 0.25) is 5.02 Å². The zero-order valence-electron chi connectivity index (χ0n) is 22.1. The van der Waals surface area contributed by atoms with Crippen LogP contribution in [0, 0.1) is 0 Å². The van der Waals surface area contributed by atoms with Gasteiger partial charge in [-0.15, -0.1) is 0 Å². The van der Waals surface area contributed by atoms with Crippen LogP contribution >= 0.6 is 11.6 Å². The highest BCUT2D eigenvalue weighted by Gasteiger charge is 2.26. The highest BCUT2D eigenvalue weighted by molar-refractivity contribution is 7.92. The fraction of sp³-hybridized carbons (Fsp3) is 0.367. The largest absolute Gasteiger partial charge is 0.473 e. The van der Waals surface area contributed by atoms with Crippen molar-refractivity contribution in [1.82, 2.24) is 9.55 Å². The van der Waals surface area contributed by atoms with E-state index in [2.05, 4.69) is 21.1 Å². The molecule has 2 saturated heterocycles. The van der Waals surface area contributed by atoms with Gasteiger partial charge in [-0.05, 0) is 48.6 Å². The molecule has 0 bridgehead atoms. The van der Waals surface area contributed by atoms with Crippen LogP contribution in [0.5, 0.6) is 5.88 Å². The molecule has 0 saturated carbocycles. The normalized spacial score (nSPS) is 19.9. The molecule has 0 aliphatic carbocycles. The van der Waals surface area contributed by atoms with Crippen LogP contribution in [0.15, 0.2) is 65.0 Å². The lowest BCUT2D eigenvalue weighted by atomic mass is 10.0. The van der Waals surface area contributed by atoms with Crippen molar-refractivity contribution < 1.29 is 18.4 Å². The maximum atomic E-state index is 12.0. The molecule has 4 heterocycles. The molecule has 2 atom stereocenters. The van der Waals surface area contributed by atoms with E-state index >= 15 is 0 Å². The van der Waals surface area contributed by atoms with Crippen LogP contribution in [-0.2, 0) is 19.2 Å². The smallest absolute Gasteiger partial charge is 0.198 e. The molecule has 7 nitrogen and oxygen atoms in total. The van der Waals surface area contributed by atoms with E-state index in [4.69, 9.17) is 30.8 Å². The Kier molecular flexibility index (Phi) is 7.37. The van der Waals surface area contributed by atoms with E-state index in [9.17, 15) is 4.21 Å². The monoisotopic (exact) mass is 565 g/mol. The standard InChI is InChI=1S/C30H32ClN3O4S/c1-39(2,35)33-23-12-10-21(11-13-23)20-6-8-22(9-7-20)30-25(31)17-27-26(32-30)18-29(38-24-14-16-36-19-24)34(27)28-5-3-4-15-37-28/h6-13,17-18,24,28H,3-5,14-16,19H2,1-2H3/t24-,28?/m0/s1. The van der Waals surface area contributed by atoms with Gasteiger partial charge in [-0.25, -0.2) is 9.19 Å². The average molecular weight is 566 g/mol. The molecule has 2 aromatic carbocycles. The van der Waals surface area contributed by atoms with Crippen molar-refractivity contribution in [1.29, 1.82) is 0 Å². The molecule has 9 heteroatoms. The molecular weight excluding hydrogens is 534 g/mol. The van der Waals surface area contributed by atoms with Gasteiger partial charge < -0.3 is 14.2 Å². The summed E-state index contributed by atoms with van der Waals surface area (Å²) in [6, 6.07) is 19.9. The van der Waals surface area contributed by atoms with E-state index in [1.807, 2.05) is 48.5 Å². The summed E-state index contributed by atoms with van der Waals surface area (Å²) in [7, 11) is -2.19. The van der Waals surface area contributed by atoms with Crippen LogP contribution in [-0.4, -0.2) is 52.2 Å². The summed E-state index contributed by atoms with van der Waals surface area (Å²) in [5, 5.41) is 0.579. The molecule has 2 fully saturated rings. The average Bonchev–Trinajstić information content (AvgIpc) is 3.56. The molecule has 1 unspecified atom stereocenters. The maximum Gasteiger partial charge on any atom is 0.198 e. The molecular formula is C30H32ClN3O4S. The second-order valence-corrected chi connectivity index (χ2v) is 13.3. The van der Waals surface area contributed by atoms with Gasteiger partial charge >= 0.3 is 0 Å². The number of halogens is 1. The number of pyridine rings is 1. The van der Waals surface area contributed by atoms with E-state index in [0.717, 1.165) is 71.6 Å². The Morgan fingerprint density at radius 3 is 2.33 bits per heavy atom.